The molecule has 3 rings (SSSR count). The molecule has 0 saturated carbocycles. The number of ether oxygens (including phenoxy) is 3. The van der Waals surface area contributed by atoms with Crippen molar-refractivity contribution in [3.8, 4) is 29.6 Å². The van der Waals surface area contributed by atoms with Gasteiger partial charge in [0, 0.05) is 16.5 Å². The summed E-state index contributed by atoms with van der Waals surface area (Å²) in [5, 5.41) is 0.584. The van der Waals surface area contributed by atoms with Gasteiger partial charge in [-0.05, 0) is 48.5 Å². The molecule has 0 heterocycles. The smallest absolute Gasteiger partial charge is 0.349 e. The summed E-state index contributed by atoms with van der Waals surface area (Å²) in [6.07, 6.45) is 3.99. The number of benzene rings is 3. The molecule has 3 aromatic rings. The number of hydrogen-bond donors (Lipinski definition) is 0. The highest BCUT2D eigenvalue weighted by Gasteiger charge is 2.28. The van der Waals surface area contributed by atoms with E-state index >= 15 is 0 Å². The maximum atomic E-state index is 12.9. The summed E-state index contributed by atoms with van der Waals surface area (Å²) in [4.78, 5) is 12.9. The Morgan fingerprint density at radius 2 is 1.58 bits per heavy atom. The van der Waals surface area contributed by atoms with Crippen molar-refractivity contribution in [1.29, 1.82) is 0 Å². The molecule has 0 aromatic heterocycles. The van der Waals surface area contributed by atoms with Crippen LogP contribution in [0.4, 0.5) is 0 Å². The van der Waals surface area contributed by atoms with Crippen molar-refractivity contribution in [2.75, 3.05) is 0 Å². The zero-order valence-corrected chi connectivity index (χ0v) is 18.1. The summed E-state index contributed by atoms with van der Waals surface area (Å²) in [6.45, 7) is 3.75. The Kier molecular flexibility index (Phi) is 7.59. The molecule has 0 amide bonds. The first-order chi connectivity index (χ1) is 15.0. The summed E-state index contributed by atoms with van der Waals surface area (Å²) in [7, 11) is 0. The number of terminal acetylenes is 1. The van der Waals surface area contributed by atoms with Gasteiger partial charge in [-0.2, -0.15) is 0 Å². The topological polar surface area (TPSA) is 44.8 Å². The van der Waals surface area contributed by atoms with E-state index in [4.69, 9.17) is 32.2 Å². The number of rotatable bonds is 8. The first-order valence-electron chi connectivity index (χ1n) is 9.88. The molecular weight excluding hydrogens is 412 g/mol. The van der Waals surface area contributed by atoms with E-state index in [1.807, 2.05) is 50.2 Å². The summed E-state index contributed by atoms with van der Waals surface area (Å²) in [5.74, 6) is 3.68. The molecule has 0 aliphatic heterocycles. The van der Waals surface area contributed by atoms with Gasteiger partial charge in [-0.25, -0.2) is 4.79 Å². The van der Waals surface area contributed by atoms with Crippen LogP contribution in [0.15, 0.2) is 78.9 Å². The molecule has 4 nitrogen and oxygen atoms in total. The van der Waals surface area contributed by atoms with Crippen LogP contribution in [0, 0.1) is 18.3 Å². The van der Waals surface area contributed by atoms with E-state index in [1.54, 1.807) is 42.5 Å². The van der Waals surface area contributed by atoms with Crippen LogP contribution in [-0.2, 0) is 9.53 Å². The van der Waals surface area contributed by atoms with E-state index in [2.05, 4.69) is 5.92 Å². The van der Waals surface area contributed by atoms with Crippen LogP contribution < -0.4 is 9.47 Å². The lowest BCUT2D eigenvalue weighted by atomic mass is 10.1. The summed E-state index contributed by atoms with van der Waals surface area (Å²) in [6, 6.07) is 23.4. The second-order valence-electron chi connectivity index (χ2n) is 7.21. The van der Waals surface area contributed by atoms with Gasteiger partial charge in [0.25, 0.3) is 0 Å². The van der Waals surface area contributed by atoms with Gasteiger partial charge in [0.15, 0.2) is 12.2 Å². The van der Waals surface area contributed by atoms with Gasteiger partial charge in [-0.3, -0.25) is 0 Å². The fraction of sp³-hybridized carbons (Fsp3) is 0.192. The van der Waals surface area contributed by atoms with Crippen molar-refractivity contribution in [3.05, 3.63) is 89.4 Å². The monoisotopic (exact) mass is 434 g/mol. The first kappa shape index (κ1) is 22.3. The highest BCUT2D eigenvalue weighted by atomic mass is 35.5. The van der Waals surface area contributed by atoms with Crippen LogP contribution in [0.2, 0.25) is 5.02 Å². The highest BCUT2D eigenvalue weighted by molar-refractivity contribution is 6.30. The molecule has 0 radical (unpaired) electrons. The molecule has 0 aliphatic carbocycles. The largest absolute Gasteiger partial charge is 0.478 e. The quantitative estimate of drug-likeness (QED) is 0.301. The number of hydrogen-bond acceptors (Lipinski definition) is 4. The van der Waals surface area contributed by atoms with Crippen LogP contribution in [0.3, 0.4) is 0 Å². The van der Waals surface area contributed by atoms with E-state index in [9.17, 15) is 4.79 Å². The SMILES string of the molecule is C#CC(OC(=O)C(Oc1ccc(Cl)cc1)C(C)C)c1cccc(Oc2ccccc2)c1. The molecule has 0 spiro atoms. The molecule has 0 N–H and O–H groups in total. The average molecular weight is 435 g/mol. The number of carbonyl (C=O) groups is 1. The Hall–Kier alpha value is -3.42. The van der Waals surface area contributed by atoms with E-state index in [0.717, 1.165) is 0 Å². The molecule has 5 heteroatoms. The van der Waals surface area contributed by atoms with Crippen molar-refractivity contribution >= 4 is 17.6 Å². The number of esters is 1. The van der Waals surface area contributed by atoms with Crippen LogP contribution in [0.25, 0.3) is 0 Å². The molecule has 158 valence electrons. The van der Waals surface area contributed by atoms with Gasteiger partial charge in [0.05, 0.1) is 0 Å². The van der Waals surface area contributed by atoms with Gasteiger partial charge in [0.1, 0.15) is 17.2 Å². The van der Waals surface area contributed by atoms with Crippen molar-refractivity contribution in [3.63, 3.8) is 0 Å². The standard InChI is InChI=1S/C26H23ClO4/c1-4-24(19-9-8-12-23(17-19)29-21-10-6-5-7-11-21)31-26(28)25(18(2)3)30-22-15-13-20(27)14-16-22/h1,5-18,24-25H,2-3H3. The molecule has 0 fully saturated rings. The number of para-hydroxylation sites is 1. The molecular formula is C26H23ClO4. The predicted octanol–water partition coefficient (Wildman–Crippen LogP) is 6.45. The minimum atomic E-state index is -0.873. The van der Waals surface area contributed by atoms with E-state index < -0.39 is 18.2 Å². The summed E-state index contributed by atoms with van der Waals surface area (Å²) in [5.41, 5.74) is 0.637. The molecule has 2 unspecified atom stereocenters. The van der Waals surface area contributed by atoms with Crippen LogP contribution in [-0.4, -0.2) is 12.1 Å². The second kappa shape index (κ2) is 10.6. The molecule has 0 bridgehead atoms. The van der Waals surface area contributed by atoms with Gasteiger partial charge >= 0.3 is 5.97 Å². The van der Waals surface area contributed by atoms with Gasteiger partial charge < -0.3 is 14.2 Å². The maximum Gasteiger partial charge on any atom is 0.349 e. The Morgan fingerprint density at radius 1 is 0.903 bits per heavy atom. The van der Waals surface area contributed by atoms with E-state index in [1.165, 1.54) is 0 Å². The van der Waals surface area contributed by atoms with Crippen molar-refractivity contribution in [2.45, 2.75) is 26.1 Å². The highest BCUT2D eigenvalue weighted by Crippen LogP contribution is 2.27. The lowest BCUT2D eigenvalue weighted by molar-refractivity contribution is -0.157. The lowest BCUT2D eigenvalue weighted by Crippen LogP contribution is -2.35. The van der Waals surface area contributed by atoms with E-state index in [-0.39, 0.29) is 5.92 Å². The third kappa shape index (κ3) is 6.28. The zero-order chi connectivity index (χ0) is 22.2. The van der Waals surface area contributed by atoms with Gasteiger partial charge in [0.2, 0.25) is 0 Å². The average Bonchev–Trinajstić information content (AvgIpc) is 2.77. The first-order valence-corrected chi connectivity index (χ1v) is 10.3. The Balaban J connectivity index is 1.73. The second-order valence-corrected chi connectivity index (χ2v) is 7.64. The van der Waals surface area contributed by atoms with Crippen molar-refractivity contribution in [1.82, 2.24) is 0 Å². The third-order valence-electron chi connectivity index (χ3n) is 4.44. The fourth-order valence-electron chi connectivity index (χ4n) is 2.86. The summed E-state index contributed by atoms with van der Waals surface area (Å²) < 4.78 is 17.3. The van der Waals surface area contributed by atoms with Crippen molar-refractivity contribution in [2.24, 2.45) is 5.92 Å². The Labute approximate surface area is 187 Å². The third-order valence-corrected chi connectivity index (χ3v) is 4.69. The van der Waals surface area contributed by atoms with E-state index in [0.29, 0.717) is 27.8 Å². The Bertz CT molecular complexity index is 1040. The van der Waals surface area contributed by atoms with Crippen molar-refractivity contribution < 1.29 is 19.0 Å². The fourth-order valence-corrected chi connectivity index (χ4v) is 2.99. The van der Waals surface area contributed by atoms with Crippen LogP contribution in [0.1, 0.15) is 25.5 Å². The zero-order valence-electron chi connectivity index (χ0n) is 17.3. The normalized spacial score (nSPS) is 12.5. The number of halogens is 1. The van der Waals surface area contributed by atoms with Gasteiger partial charge in [-0.1, -0.05) is 61.7 Å². The van der Waals surface area contributed by atoms with Gasteiger partial charge in [-0.15, -0.1) is 6.42 Å². The lowest BCUT2D eigenvalue weighted by Gasteiger charge is -2.23. The van der Waals surface area contributed by atoms with Crippen LogP contribution in [0.5, 0.6) is 17.2 Å². The minimum absolute atomic E-state index is 0.130. The van der Waals surface area contributed by atoms with Crippen LogP contribution >= 0.6 is 11.6 Å². The molecule has 0 aliphatic rings. The Morgan fingerprint density at radius 3 is 2.23 bits per heavy atom. The predicted molar refractivity (Wildman–Crippen MR) is 121 cm³/mol. The maximum absolute atomic E-state index is 12.9. The molecule has 0 saturated heterocycles. The molecule has 31 heavy (non-hydrogen) atoms. The molecule has 3 aromatic carbocycles. The molecule has 2 atom stereocenters. The number of carbonyl (C=O) groups excluding carboxylic acids is 1. The minimum Gasteiger partial charge on any atom is -0.478 e. The summed E-state index contributed by atoms with van der Waals surface area (Å²) >= 11 is 5.91.